The van der Waals surface area contributed by atoms with Gasteiger partial charge in [0.25, 0.3) is 0 Å². The van der Waals surface area contributed by atoms with E-state index >= 15 is 0 Å². The molecule has 0 amide bonds. The summed E-state index contributed by atoms with van der Waals surface area (Å²) in [5, 5.41) is 9.88. The lowest BCUT2D eigenvalue weighted by molar-refractivity contribution is -0.142. The normalized spacial score (nSPS) is 44.3. The Balaban J connectivity index is 2.27. The van der Waals surface area contributed by atoms with E-state index in [1.807, 2.05) is 0 Å². The number of Topliss-reactive ketones (excluding diaryl/α,β-unsaturated/α-hetero) is 1. The summed E-state index contributed by atoms with van der Waals surface area (Å²) in [5.74, 6) is 0.205. The molecule has 3 heteroatoms. The van der Waals surface area contributed by atoms with Crippen molar-refractivity contribution in [1.82, 2.24) is 0 Å². The third kappa shape index (κ3) is 1.40. The minimum absolute atomic E-state index is 0.140. The van der Waals surface area contributed by atoms with Gasteiger partial charge in [0.05, 0.1) is 11.5 Å². The topological polar surface area (TPSA) is 37.3 Å². The zero-order chi connectivity index (χ0) is 10.2. The Hall–Kier alpha value is -0.0800. The SMILES string of the molecule is O=C1CCCC[C@@]12[C@@H](O)CCC[C@@H]2Cl. The Labute approximate surface area is 89.6 Å². The van der Waals surface area contributed by atoms with Crippen molar-refractivity contribution < 1.29 is 9.90 Å². The number of aliphatic hydroxyl groups is 1. The van der Waals surface area contributed by atoms with E-state index < -0.39 is 11.5 Å². The molecular formula is C11H17ClO2. The molecule has 0 aliphatic heterocycles. The van der Waals surface area contributed by atoms with Gasteiger partial charge in [0.2, 0.25) is 0 Å². The van der Waals surface area contributed by atoms with E-state index in [1.165, 1.54) is 0 Å². The molecule has 0 radical (unpaired) electrons. The maximum absolute atomic E-state index is 11.9. The van der Waals surface area contributed by atoms with Gasteiger partial charge in [-0.25, -0.2) is 0 Å². The number of alkyl halides is 1. The molecule has 0 heterocycles. The van der Waals surface area contributed by atoms with Gasteiger partial charge in [-0.05, 0) is 32.1 Å². The first-order chi connectivity index (χ1) is 6.68. The highest BCUT2D eigenvalue weighted by Gasteiger charge is 2.52. The molecule has 2 saturated carbocycles. The van der Waals surface area contributed by atoms with Crippen molar-refractivity contribution in [2.45, 2.75) is 56.4 Å². The lowest BCUT2D eigenvalue weighted by Crippen LogP contribution is -2.53. The number of halogens is 1. The van der Waals surface area contributed by atoms with E-state index in [2.05, 4.69) is 0 Å². The number of hydrogen-bond donors (Lipinski definition) is 1. The molecule has 2 aliphatic carbocycles. The van der Waals surface area contributed by atoms with Crippen LogP contribution in [0, 0.1) is 5.41 Å². The Kier molecular flexibility index (Phi) is 2.85. The summed E-state index contributed by atoms with van der Waals surface area (Å²) in [6.45, 7) is 0. The Morgan fingerprint density at radius 3 is 2.71 bits per heavy atom. The Morgan fingerprint density at radius 2 is 2.07 bits per heavy atom. The predicted octanol–water partition coefficient (Wildman–Crippen LogP) is 2.27. The van der Waals surface area contributed by atoms with Crippen LogP contribution in [0.4, 0.5) is 0 Å². The lowest BCUT2D eigenvalue weighted by Gasteiger charge is -2.45. The molecule has 2 aliphatic rings. The standard InChI is InChI=1S/C11H17ClO2/c12-8-4-3-6-10(14)11(8)7-2-1-5-9(11)13/h8,10,14H,1-7H2/t8-,10-,11-/m0/s1. The molecule has 80 valence electrons. The van der Waals surface area contributed by atoms with Gasteiger partial charge in [0, 0.05) is 11.8 Å². The van der Waals surface area contributed by atoms with Gasteiger partial charge < -0.3 is 5.11 Å². The zero-order valence-corrected chi connectivity index (χ0v) is 9.09. The number of carbonyl (C=O) groups excluding carboxylic acids is 1. The van der Waals surface area contributed by atoms with Crippen LogP contribution in [0.1, 0.15) is 44.9 Å². The van der Waals surface area contributed by atoms with Crippen LogP contribution in [-0.4, -0.2) is 22.4 Å². The summed E-state index contributed by atoms with van der Waals surface area (Å²) in [7, 11) is 0. The Morgan fingerprint density at radius 1 is 1.29 bits per heavy atom. The molecule has 1 spiro atoms. The van der Waals surface area contributed by atoms with Gasteiger partial charge in [0.15, 0.2) is 0 Å². The minimum atomic E-state index is -0.585. The lowest BCUT2D eigenvalue weighted by atomic mass is 9.62. The largest absolute Gasteiger partial charge is 0.392 e. The predicted molar refractivity (Wildman–Crippen MR) is 55.4 cm³/mol. The number of ketones is 1. The molecule has 0 bridgehead atoms. The molecule has 14 heavy (non-hydrogen) atoms. The van der Waals surface area contributed by atoms with Crippen molar-refractivity contribution in [3.8, 4) is 0 Å². The molecule has 0 aromatic carbocycles. The summed E-state index contributed by atoms with van der Waals surface area (Å²) in [5.41, 5.74) is -0.585. The maximum Gasteiger partial charge on any atom is 0.143 e. The van der Waals surface area contributed by atoms with E-state index in [1.54, 1.807) is 0 Å². The summed E-state index contributed by atoms with van der Waals surface area (Å²) in [6.07, 6.45) is 5.49. The quantitative estimate of drug-likeness (QED) is 0.631. The molecule has 1 N–H and O–H groups in total. The highest BCUT2D eigenvalue weighted by molar-refractivity contribution is 6.23. The third-order valence-electron chi connectivity index (χ3n) is 3.85. The van der Waals surface area contributed by atoms with Crippen LogP contribution < -0.4 is 0 Å². The van der Waals surface area contributed by atoms with Crippen LogP contribution in [0.5, 0.6) is 0 Å². The molecule has 3 atom stereocenters. The maximum atomic E-state index is 11.9. The molecule has 0 aromatic heterocycles. The molecule has 2 rings (SSSR count). The van der Waals surface area contributed by atoms with Crippen molar-refractivity contribution in [3.63, 3.8) is 0 Å². The van der Waals surface area contributed by atoms with Crippen molar-refractivity contribution in [1.29, 1.82) is 0 Å². The van der Waals surface area contributed by atoms with Crippen LogP contribution in [0.25, 0.3) is 0 Å². The minimum Gasteiger partial charge on any atom is -0.392 e. The van der Waals surface area contributed by atoms with Crippen LogP contribution in [-0.2, 0) is 4.79 Å². The van der Waals surface area contributed by atoms with Crippen molar-refractivity contribution in [3.05, 3.63) is 0 Å². The van der Waals surface area contributed by atoms with E-state index in [-0.39, 0.29) is 11.2 Å². The first kappa shape index (κ1) is 10.4. The molecule has 0 saturated heterocycles. The number of hydrogen-bond acceptors (Lipinski definition) is 2. The van der Waals surface area contributed by atoms with Crippen LogP contribution in [0.15, 0.2) is 0 Å². The fourth-order valence-corrected chi connectivity index (χ4v) is 3.50. The van der Waals surface area contributed by atoms with Gasteiger partial charge in [-0.1, -0.05) is 6.42 Å². The molecule has 2 nitrogen and oxygen atoms in total. The average Bonchev–Trinajstić information content (AvgIpc) is 2.17. The van der Waals surface area contributed by atoms with E-state index in [4.69, 9.17) is 11.6 Å². The Bertz CT molecular complexity index is 229. The smallest absolute Gasteiger partial charge is 0.143 e. The van der Waals surface area contributed by atoms with Gasteiger partial charge in [-0.2, -0.15) is 0 Å². The van der Waals surface area contributed by atoms with E-state index in [0.29, 0.717) is 6.42 Å². The first-order valence-corrected chi connectivity index (χ1v) is 5.97. The number of rotatable bonds is 0. The monoisotopic (exact) mass is 216 g/mol. The molecule has 2 fully saturated rings. The highest BCUT2D eigenvalue weighted by Crippen LogP contribution is 2.47. The fraction of sp³-hybridized carbons (Fsp3) is 0.909. The second-order valence-corrected chi connectivity index (χ2v) is 5.11. The van der Waals surface area contributed by atoms with Gasteiger partial charge >= 0.3 is 0 Å². The van der Waals surface area contributed by atoms with Gasteiger partial charge in [0.1, 0.15) is 5.78 Å². The van der Waals surface area contributed by atoms with Crippen molar-refractivity contribution in [2.24, 2.45) is 5.41 Å². The van der Waals surface area contributed by atoms with Crippen molar-refractivity contribution in [2.75, 3.05) is 0 Å². The first-order valence-electron chi connectivity index (χ1n) is 5.53. The molecular weight excluding hydrogens is 200 g/mol. The molecule has 0 aromatic rings. The molecule has 0 unspecified atom stereocenters. The van der Waals surface area contributed by atoms with Crippen LogP contribution in [0.3, 0.4) is 0 Å². The van der Waals surface area contributed by atoms with Crippen molar-refractivity contribution >= 4 is 17.4 Å². The second kappa shape index (κ2) is 3.82. The number of carbonyl (C=O) groups is 1. The fourth-order valence-electron chi connectivity index (χ4n) is 2.97. The van der Waals surface area contributed by atoms with Gasteiger partial charge in [-0.3, -0.25) is 4.79 Å². The third-order valence-corrected chi connectivity index (χ3v) is 4.46. The van der Waals surface area contributed by atoms with Crippen LogP contribution in [0.2, 0.25) is 0 Å². The highest BCUT2D eigenvalue weighted by atomic mass is 35.5. The summed E-state index contributed by atoms with van der Waals surface area (Å²) >= 11 is 6.26. The van der Waals surface area contributed by atoms with E-state index in [9.17, 15) is 9.90 Å². The van der Waals surface area contributed by atoms with Crippen LogP contribution >= 0.6 is 11.6 Å². The van der Waals surface area contributed by atoms with E-state index in [0.717, 1.165) is 38.5 Å². The zero-order valence-electron chi connectivity index (χ0n) is 8.34. The summed E-state index contributed by atoms with van der Waals surface area (Å²) < 4.78 is 0. The number of aliphatic hydroxyl groups excluding tert-OH is 1. The summed E-state index contributed by atoms with van der Waals surface area (Å²) in [6, 6.07) is 0. The second-order valence-electron chi connectivity index (χ2n) is 4.58. The summed E-state index contributed by atoms with van der Waals surface area (Å²) in [4.78, 5) is 11.9. The average molecular weight is 217 g/mol. The van der Waals surface area contributed by atoms with Gasteiger partial charge in [-0.15, -0.1) is 11.6 Å².